The van der Waals surface area contributed by atoms with Gasteiger partial charge in [0.2, 0.25) is 0 Å². The Balaban J connectivity index is 2.36. The number of hydrogen-bond acceptors (Lipinski definition) is 2. The molecule has 2 rings (SSSR count). The largest absolute Gasteiger partial charge is 0.324 e. The molecule has 1 aromatic heterocycles. The predicted molar refractivity (Wildman–Crippen MR) is 91.5 cm³/mol. The summed E-state index contributed by atoms with van der Waals surface area (Å²) in [6, 6.07) is 6.34. The van der Waals surface area contributed by atoms with Gasteiger partial charge in [0.1, 0.15) is 0 Å². The molecule has 0 radical (unpaired) electrons. The molecule has 4 heteroatoms. The third-order valence-electron chi connectivity index (χ3n) is 4.02. The van der Waals surface area contributed by atoms with Crippen LogP contribution in [0.15, 0.2) is 22.7 Å². The van der Waals surface area contributed by atoms with Crippen LogP contribution in [-0.4, -0.2) is 9.78 Å². The van der Waals surface area contributed by atoms with Gasteiger partial charge in [-0.2, -0.15) is 5.10 Å². The zero-order valence-corrected chi connectivity index (χ0v) is 14.9. The molecule has 114 valence electrons. The van der Waals surface area contributed by atoms with Gasteiger partial charge >= 0.3 is 0 Å². The summed E-state index contributed by atoms with van der Waals surface area (Å²) in [5.41, 5.74) is 12.6. The fourth-order valence-corrected chi connectivity index (χ4v) is 3.66. The summed E-state index contributed by atoms with van der Waals surface area (Å²) < 4.78 is 3.18. The second kappa shape index (κ2) is 6.75. The first-order chi connectivity index (χ1) is 9.99. The highest BCUT2D eigenvalue weighted by Gasteiger charge is 2.19. The molecule has 3 nitrogen and oxygen atoms in total. The molecule has 0 amide bonds. The van der Waals surface area contributed by atoms with E-state index >= 15 is 0 Å². The van der Waals surface area contributed by atoms with E-state index in [0.29, 0.717) is 0 Å². The van der Waals surface area contributed by atoms with Gasteiger partial charge in [-0.15, -0.1) is 0 Å². The zero-order valence-electron chi connectivity index (χ0n) is 13.3. The first kappa shape index (κ1) is 16.2. The van der Waals surface area contributed by atoms with E-state index in [1.165, 1.54) is 22.4 Å². The van der Waals surface area contributed by atoms with Gasteiger partial charge in [-0.05, 0) is 59.8 Å². The fraction of sp³-hybridized carbons (Fsp3) is 0.471. The van der Waals surface area contributed by atoms with Crippen molar-refractivity contribution in [3.63, 3.8) is 0 Å². The van der Waals surface area contributed by atoms with E-state index in [9.17, 15) is 0 Å². The number of aromatic nitrogens is 2. The Labute approximate surface area is 135 Å². The van der Waals surface area contributed by atoms with Crippen molar-refractivity contribution in [1.82, 2.24) is 9.78 Å². The van der Waals surface area contributed by atoms with Crippen LogP contribution in [0.3, 0.4) is 0 Å². The van der Waals surface area contributed by atoms with Crippen LogP contribution in [0.1, 0.15) is 48.0 Å². The molecule has 1 aromatic carbocycles. The van der Waals surface area contributed by atoms with Crippen LogP contribution in [0.4, 0.5) is 0 Å². The van der Waals surface area contributed by atoms with Gasteiger partial charge < -0.3 is 5.73 Å². The highest BCUT2D eigenvalue weighted by atomic mass is 79.9. The molecule has 0 aliphatic carbocycles. The van der Waals surface area contributed by atoms with Crippen LogP contribution in [0.5, 0.6) is 0 Å². The number of aryl methyl sites for hydroxylation is 4. The maximum absolute atomic E-state index is 6.51. The van der Waals surface area contributed by atoms with E-state index < -0.39 is 0 Å². The van der Waals surface area contributed by atoms with Crippen LogP contribution in [0.25, 0.3) is 0 Å². The lowest BCUT2D eigenvalue weighted by Gasteiger charge is -2.18. The van der Waals surface area contributed by atoms with Crippen molar-refractivity contribution >= 4 is 15.9 Å². The van der Waals surface area contributed by atoms with E-state index in [1.807, 2.05) is 0 Å². The van der Waals surface area contributed by atoms with Crippen molar-refractivity contribution in [2.45, 2.75) is 53.1 Å². The molecule has 1 unspecified atom stereocenters. The summed E-state index contributed by atoms with van der Waals surface area (Å²) >= 11 is 3.70. The quantitative estimate of drug-likeness (QED) is 0.883. The summed E-state index contributed by atoms with van der Waals surface area (Å²) in [6.45, 7) is 9.38. The third-order valence-corrected chi connectivity index (χ3v) is 4.94. The lowest BCUT2D eigenvalue weighted by molar-refractivity contribution is 0.583. The van der Waals surface area contributed by atoms with Crippen molar-refractivity contribution in [1.29, 1.82) is 0 Å². The Bertz CT molecular complexity index is 611. The Hall–Kier alpha value is -1.13. The molecule has 0 fully saturated rings. The number of nitrogens with two attached hydrogens (primary N) is 1. The standard InChI is InChI=1S/C17H24BrN3/c1-5-14-17(18)15(21(6-2)20-14)10-13(19)16-11(3)8-7-9-12(16)4/h7-9,13H,5-6,10,19H2,1-4H3. The summed E-state index contributed by atoms with van der Waals surface area (Å²) in [7, 11) is 0. The number of hydrogen-bond donors (Lipinski definition) is 1. The molecule has 0 aliphatic rings. The molecule has 0 spiro atoms. The van der Waals surface area contributed by atoms with Crippen LogP contribution in [0.2, 0.25) is 0 Å². The van der Waals surface area contributed by atoms with Crippen molar-refractivity contribution in [2.75, 3.05) is 0 Å². The first-order valence-electron chi connectivity index (χ1n) is 7.55. The number of halogens is 1. The SMILES string of the molecule is CCc1nn(CC)c(CC(N)c2c(C)cccc2C)c1Br. The minimum absolute atomic E-state index is 0.00536. The molecule has 0 bridgehead atoms. The van der Waals surface area contributed by atoms with Gasteiger partial charge in [0.05, 0.1) is 15.9 Å². The lowest BCUT2D eigenvalue weighted by Crippen LogP contribution is -2.18. The predicted octanol–water partition coefficient (Wildman–Crippen LogP) is 4.09. The highest BCUT2D eigenvalue weighted by Crippen LogP contribution is 2.28. The Kier molecular flexibility index (Phi) is 5.22. The smallest absolute Gasteiger partial charge is 0.0766 e. The minimum atomic E-state index is -0.00536. The average molecular weight is 350 g/mol. The van der Waals surface area contributed by atoms with E-state index in [4.69, 9.17) is 5.73 Å². The summed E-state index contributed by atoms with van der Waals surface area (Å²) in [4.78, 5) is 0. The fourth-order valence-electron chi connectivity index (χ4n) is 2.93. The van der Waals surface area contributed by atoms with Gasteiger partial charge in [0.15, 0.2) is 0 Å². The molecule has 0 saturated carbocycles. The summed E-state index contributed by atoms with van der Waals surface area (Å²) in [5.74, 6) is 0. The molecule has 2 N–H and O–H groups in total. The normalized spacial score (nSPS) is 12.7. The first-order valence-corrected chi connectivity index (χ1v) is 8.34. The topological polar surface area (TPSA) is 43.8 Å². The Morgan fingerprint density at radius 3 is 2.38 bits per heavy atom. The molecule has 1 atom stereocenters. The molecular formula is C17H24BrN3. The zero-order chi connectivity index (χ0) is 15.6. The second-order valence-electron chi connectivity index (χ2n) is 5.49. The van der Waals surface area contributed by atoms with Crippen molar-refractivity contribution < 1.29 is 0 Å². The van der Waals surface area contributed by atoms with Gasteiger partial charge in [-0.25, -0.2) is 0 Å². The van der Waals surface area contributed by atoms with E-state index in [2.05, 4.69) is 71.6 Å². The number of nitrogens with zero attached hydrogens (tertiary/aromatic N) is 2. The Morgan fingerprint density at radius 1 is 1.24 bits per heavy atom. The molecule has 2 aromatic rings. The van der Waals surface area contributed by atoms with Crippen molar-refractivity contribution in [3.8, 4) is 0 Å². The molecule has 1 heterocycles. The third kappa shape index (κ3) is 3.22. The average Bonchev–Trinajstić information content (AvgIpc) is 2.75. The summed E-state index contributed by atoms with van der Waals surface area (Å²) in [6.07, 6.45) is 1.73. The van der Waals surface area contributed by atoms with Gasteiger partial charge in [-0.3, -0.25) is 4.68 Å². The second-order valence-corrected chi connectivity index (χ2v) is 6.29. The van der Waals surface area contributed by atoms with E-state index in [1.54, 1.807) is 0 Å². The number of benzene rings is 1. The van der Waals surface area contributed by atoms with Crippen LogP contribution >= 0.6 is 15.9 Å². The van der Waals surface area contributed by atoms with Crippen molar-refractivity contribution in [3.05, 3.63) is 50.8 Å². The highest BCUT2D eigenvalue weighted by molar-refractivity contribution is 9.10. The van der Waals surface area contributed by atoms with E-state index in [-0.39, 0.29) is 6.04 Å². The number of rotatable bonds is 5. The van der Waals surface area contributed by atoms with Crippen molar-refractivity contribution in [2.24, 2.45) is 5.73 Å². The van der Waals surface area contributed by atoms with Gasteiger partial charge in [0, 0.05) is 19.0 Å². The minimum Gasteiger partial charge on any atom is -0.324 e. The molecule has 0 aliphatic heterocycles. The van der Waals surface area contributed by atoms with Crippen LogP contribution in [0, 0.1) is 13.8 Å². The molecular weight excluding hydrogens is 326 g/mol. The Morgan fingerprint density at radius 2 is 1.86 bits per heavy atom. The molecule has 0 saturated heterocycles. The maximum atomic E-state index is 6.51. The van der Waals surface area contributed by atoms with E-state index in [0.717, 1.165) is 29.6 Å². The van der Waals surface area contributed by atoms with Crippen LogP contribution in [-0.2, 0) is 19.4 Å². The monoisotopic (exact) mass is 349 g/mol. The summed E-state index contributed by atoms with van der Waals surface area (Å²) in [5, 5.41) is 4.65. The van der Waals surface area contributed by atoms with Crippen LogP contribution < -0.4 is 5.73 Å². The lowest BCUT2D eigenvalue weighted by atomic mass is 9.94. The van der Waals surface area contributed by atoms with Gasteiger partial charge in [0.25, 0.3) is 0 Å². The van der Waals surface area contributed by atoms with Gasteiger partial charge in [-0.1, -0.05) is 25.1 Å². The molecule has 21 heavy (non-hydrogen) atoms. The maximum Gasteiger partial charge on any atom is 0.0766 e.